The number of carbonyl (C=O) groups is 2. The Balaban J connectivity index is 1.39. The summed E-state index contributed by atoms with van der Waals surface area (Å²) < 4.78 is 8.38. The topological polar surface area (TPSA) is 107 Å². The number of benzene rings is 1. The first-order valence-corrected chi connectivity index (χ1v) is 10.6. The predicted molar refractivity (Wildman–Crippen MR) is 121 cm³/mol. The third-order valence-electron chi connectivity index (χ3n) is 5.59. The van der Waals surface area contributed by atoms with E-state index in [0.717, 1.165) is 11.1 Å². The summed E-state index contributed by atoms with van der Waals surface area (Å²) in [4.78, 5) is 32.3. The monoisotopic (exact) mass is 445 g/mol. The molecule has 1 aliphatic heterocycles. The Kier molecular flexibility index (Phi) is 5.35. The van der Waals surface area contributed by atoms with Gasteiger partial charge in [0.25, 0.3) is 11.8 Å². The number of hydrogen-bond acceptors (Lipinski definition) is 6. The van der Waals surface area contributed by atoms with E-state index in [1.165, 1.54) is 10.9 Å². The van der Waals surface area contributed by atoms with Crippen LogP contribution in [0.2, 0.25) is 0 Å². The second-order valence-electron chi connectivity index (χ2n) is 7.91. The molecule has 2 amide bonds. The highest BCUT2D eigenvalue weighted by Crippen LogP contribution is 2.20. The summed E-state index contributed by atoms with van der Waals surface area (Å²) in [6, 6.07) is 11.4. The van der Waals surface area contributed by atoms with Gasteiger partial charge < -0.3 is 15.0 Å². The normalized spacial score (nSPS) is 13.9. The van der Waals surface area contributed by atoms with E-state index < -0.39 is 5.91 Å². The zero-order valence-electron chi connectivity index (χ0n) is 18.4. The molecule has 0 saturated carbocycles. The van der Waals surface area contributed by atoms with Gasteiger partial charge in [-0.15, -0.1) is 5.10 Å². The Morgan fingerprint density at radius 1 is 1.09 bits per heavy atom. The van der Waals surface area contributed by atoms with Gasteiger partial charge in [0, 0.05) is 43.7 Å². The van der Waals surface area contributed by atoms with Crippen LogP contribution in [0.1, 0.15) is 26.4 Å². The molecule has 33 heavy (non-hydrogen) atoms. The largest absolute Gasteiger partial charge is 0.378 e. The van der Waals surface area contributed by atoms with E-state index in [-0.39, 0.29) is 17.2 Å². The van der Waals surface area contributed by atoms with Crippen LogP contribution in [0, 0.1) is 6.92 Å². The molecular formula is C23H23N7O3. The Hall–Kier alpha value is -4.05. The van der Waals surface area contributed by atoms with Crippen molar-refractivity contribution in [2.24, 2.45) is 7.05 Å². The fourth-order valence-corrected chi connectivity index (χ4v) is 3.77. The number of nitrogens with zero attached hydrogens (tertiary/aromatic N) is 6. The number of anilines is 1. The first-order chi connectivity index (χ1) is 16.0. The zero-order chi connectivity index (χ0) is 22.9. The third-order valence-corrected chi connectivity index (χ3v) is 5.59. The molecule has 168 valence electrons. The van der Waals surface area contributed by atoms with Gasteiger partial charge in [0.05, 0.1) is 25.0 Å². The number of fused-ring (bicyclic) bond motifs is 1. The van der Waals surface area contributed by atoms with Crippen molar-refractivity contribution in [3.05, 3.63) is 65.6 Å². The number of rotatable bonds is 4. The average molecular weight is 445 g/mol. The summed E-state index contributed by atoms with van der Waals surface area (Å²) in [7, 11) is 1.64. The first kappa shape index (κ1) is 20.8. The van der Waals surface area contributed by atoms with Crippen LogP contribution in [0.4, 0.5) is 5.69 Å². The molecule has 0 unspecified atom stereocenters. The number of ether oxygens (including phenoxy) is 1. The van der Waals surface area contributed by atoms with Crippen LogP contribution in [0.25, 0.3) is 17.0 Å². The quantitative estimate of drug-likeness (QED) is 0.516. The zero-order valence-corrected chi connectivity index (χ0v) is 18.4. The minimum absolute atomic E-state index is 0.202. The average Bonchev–Trinajstić information content (AvgIpc) is 3.43. The molecule has 1 N–H and O–H groups in total. The van der Waals surface area contributed by atoms with Crippen molar-refractivity contribution in [3.8, 4) is 11.4 Å². The van der Waals surface area contributed by atoms with Crippen LogP contribution in [-0.2, 0) is 11.8 Å². The van der Waals surface area contributed by atoms with Crippen molar-refractivity contribution in [1.29, 1.82) is 0 Å². The van der Waals surface area contributed by atoms with E-state index in [4.69, 9.17) is 4.74 Å². The van der Waals surface area contributed by atoms with Gasteiger partial charge in [-0.3, -0.25) is 14.3 Å². The molecule has 4 heterocycles. The van der Waals surface area contributed by atoms with E-state index >= 15 is 0 Å². The number of pyridine rings is 1. The van der Waals surface area contributed by atoms with Crippen molar-refractivity contribution < 1.29 is 14.3 Å². The number of amides is 2. The van der Waals surface area contributed by atoms with Gasteiger partial charge in [-0.05, 0) is 13.0 Å². The van der Waals surface area contributed by atoms with Gasteiger partial charge in [-0.25, -0.2) is 9.50 Å². The summed E-state index contributed by atoms with van der Waals surface area (Å²) in [5.74, 6) is -0.0510. The van der Waals surface area contributed by atoms with Crippen LogP contribution in [0.3, 0.4) is 0 Å². The lowest BCUT2D eigenvalue weighted by atomic mass is 10.1. The molecule has 0 spiro atoms. The van der Waals surface area contributed by atoms with Gasteiger partial charge in [0.15, 0.2) is 11.5 Å². The molecule has 4 aromatic rings. The summed E-state index contributed by atoms with van der Waals surface area (Å²) in [5, 5.41) is 11.5. The number of hydrogen-bond donors (Lipinski definition) is 1. The van der Waals surface area contributed by atoms with Crippen LogP contribution < -0.4 is 5.32 Å². The lowest BCUT2D eigenvalue weighted by molar-refractivity contribution is 0.0302. The Morgan fingerprint density at radius 3 is 2.61 bits per heavy atom. The van der Waals surface area contributed by atoms with Crippen molar-refractivity contribution in [2.75, 3.05) is 31.6 Å². The van der Waals surface area contributed by atoms with Crippen molar-refractivity contribution in [2.45, 2.75) is 6.92 Å². The summed E-state index contributed by atoms with van der Waals surface area (Å²) in [5.41, 5.74) is 3.68. The highest BCUT2D eigenvalue weighted by Gasteiger charge is 2.27. The number of nitrogens with one attached hydrogen (secondary N) is 1. The van der Waals surface area contributed by atoms with Crippen LogP contribution in [0.15, 0.2) is 48.8 Å². The molecule has 0 bridgehead atoms. The molecule has 10 heteroatoms. The van der Waals surface area contributed by atoms with E-state index in [0.29, 0.717) is 43.5 Å². The smallest absolute Gasteiger partial charge is 0.274 e. The molecule has 0 radical (unpaired) electrons. The molecule has 5 rings (SSSR count). The molecule has 3 aromatic heterocycles. The number of morpholine rings is 1. The lowest BCUT2D eigenvalue weighted by Crippen LogP contribution is -2.41. The summed E-state index contributed by atoms with van der Waals surface area (Å²) in [6.45, 7) is 3.97. The molecule has 1 aromatic carbocycles. The van der Waals surface area contributed by atoms with Gasteiger partial charge >= 0.3 is 0 Å². The Morgan fingerprint density at radius 2 is 1.85 bits per heavy atom. The fourth-order valence-electron chi connectivity index (χ4n) is 3.77. The summed E-state index contributed by atoms with van der Waals surface area (Å²) in [6.07, 6.45) is 3.17. The molecular weight excluding hydrogens is 422 g/mol. The minimum Gasteiger partial charge on any atom is -0.378 e. The molecule has 10 nitrogen and oxygen atoms in total. The van der Waals surface area contributed by atoms with E-state index in [1.54, 1.807) is 34.8 Å². The highest BCUT2D eigenvalue weighted by molar-refractivity contribution is 6.11. The number of aryl methyl sites for hydroxylation is 2. The fraction of sp³-hybridized carbons (Fsp3) is 0.261. The van der Waals surface area contributed by atoms with Crippen LogP contribution >= 0.6 is 0 Å². The molecule has 0 aliphatic carbocycles. The standard InChI is InChI=1S/C23H23N7O3/c1-15-3-5-16(6-4-15)21-26-19-13-17(7-8-30(19)27-21)25-22(31)20-18(14-24-28(20)2)23(32)29-9-11-33-12-10-29/h3-8,13-14H,9-12H2,1-2H3,(H,25,31). The van der Waals surface area contributed by atoms with Crippen molar-refractivity contribution >= 4 is 23.1 Å². The summed E-state index contributed by atoms with van der Waals surface area (Å²) >= 11 is 0. The Bertz CT molecular complexity index is 1330. The van der Waals surface area contributed by atoms with Gasteiger partial charge in [-0.2, -0.15) is 5.10 Å². The second-order valence-corrected chi connectivity index (χ2v) is 7.91. The lowest BCUT2D eigenvalue weighted by Gasteiger charge is -2.26. The maximum absolute atomic E-state index is 13.1. The minimum atomic E-state index is -0.422. The SMILES string of the molecule is Cc1ccc(-c2nc3cc(NC(=O)c4c(C(=O)N5CCOCC5)cnn4C)ccn3n2)cc1. The van der Waals surface area contributed by atoms with Crippen LogP contribution in [-0.4, -0.2) is 67.4 Å². The Labute approximate surface area is 189 Å². The van der Waals surface area contributed by atoms with Crippen LogP contribution in [0.5, 0.6) is 0 Å². The van der Waals surface area contributed by atoms with E-state index in [2.05, 4.69) is 20.5 Å². The highest BCUT2D eigenvalue weighted by atomic mass is 16.5. The van der Waals surface area contributed by atoms with Gasteiger partial charge in [0.1, 0.15) is 5.69 Å². The number of aromatic nitrogens is 5. The van der Waals surface area contributed by atoms with E-state index in [1.807, 2.05) is 31.2 Å². The molecule has 1 aliphatic rings. The van der Waals surface area contributed by atoms with Crippen molar-refractivity contribution in [1.82, 2.24) is 29.3 Å². The molecule has 1 fully saturated rings. The maximum atomic E-state index is 13.1. The first-order valence-electron chi connectivity index (χ1n) is 10.6. The maximum Gasteiger partial charge on any atom is 0.274 e. The number of carbonyl (C=O) groups excluding carboxylic acids is 2. The third kappa shape index (κ3) is 4.08. The second kappa shape index (κ2) is 8.47. The van der Waals surface area contributed by atoms with Gasteiger partial charge in [0.2, 0.25) is 0 Å². The molecule has 0 atom stereocenters. The van der Waals surface area contributed by atoms with Gasteiger partial charge in [-0.1, -0.05) is 29.8 Å². The predicted octanol–water partition coefficient (Wildman–Crippen LogP) is 2.16. The van der Waals surface area contributed by atoms with E-state index in [9.17, 15) is 9.59 Å². The molecule has 1 saturated heterocycles. The van der Waals surface area contributed by atoms with Crippen molar-refractivity contribution in [3.63, 3.8) is 0 Å².